The van der Waals surface area contributed by atoms with Crippen LogP contribution < -0.4 is 4.90 Å². The van der Waals surface area contributed by atoms with Crippen molar-refractivity contribution in [1.29, 1.82) is 0 Å². The molecule has 2 aromatic carbocycles. The number of piperidine rings is 1. The molecular weight excluding hydrogens is 268 g/mol. The van der Waals surface area contributed by atoms with Gasteiger partial charge in [-0.1, -0.05) is 35.4 Å². The summed E-state index contributed by atoms with van der Waals surface area (Å²) >= 11 is 0. The minimum atomic E-state index is 0.607. The third kappa shape index (κ3) is 2.14. The Morgan fingerprint density at radius 2 is 1.68 bits per heavy atom. The topological polar surface area (TPSA) is 6.48 Å². The summed E-state index contributed by atoms with van der Waals surface area (Å²) < 4.78 is 0. The van der Waals surface area contributed by atoms with E-state index in [0.717, 1.165) is 0 Å². The van der Waals surface area contributed by atoms with Crippen LogP contribution in [0.5, 0.6) is 0 Å². The van der Waals surface area contributed by atoms with Crippen molar-refractivity contribution >= 4 is 11.4 Å². The number of hydrogen-bond donors (Lipinski definition) is 0. The highest BCUT2D eigenvalue weighted by Gasteiger charge is 2.41. The molecule has 2 atom stereocenters. The number of nitrogens with zero attached hydrogens (tertiary/aromatic N) is 2. The molecule has 0 N–H and O–H groups in total. The summed E-state index contributed by atoms with van der Waals surface area (Å²) in [5.41, 5.74) is 6.99. The van der Waals surface area contributed by atoms with E-state index in [-0.39, 0.29) is 0 Å². The predicted octanol–water partition coefficient (Wildman–Crippen LogP) is 4.24. The average Bonchev–Trinajstić information content (AvgIpc) is 2.81. The molecule has 0 aliphatic carbocycles. The molecule has 0 spiro atoms. The second-order valence-corrected chi connectivity index (χ2v) is 6.99. The highest BCUT2D eigenvalue weighted by Crippen LogP contribution is 2.48. The number of fused-ring (bicyclic) bond motifs is 3. The fourth-order valence-corrected chi connectivity index (χ4v) is 4.12. The molecule has 0 unspecified atom stereocenters. The maximum absolute atomic E-state index is 2.59. The van der Waals surface area contributed by atoms with Crippen LogP contribution in [0.3, 0.4) is 0 Å². The molecule has 0 amide bonds. The molecule has 2 aromatic rings. The number of likely N-dealkylation sites (N-methyl/N-ethyl adjacent to an activating group) is 1. The van der Waals surface area contributed by atoms with Crippen LogP contribution in [-0.2, 0) is 0 Å². The third-order valence-electron chi connectivity index (χ3n) is 5.27. The first-order valence-corrected chi connectivity index (χ1v) is 8.28. The van der Waals surface area contributed by atoms with E-state index in [2.05, 4.69) is 73.2 Å². The van der Waals surface area contributed by atoms with Crippen LogP contribution in [0.4, 0.5) is 11.4 Å². The number of rotatable bonds is 1. The normalized spacial score (nSPS) is 24.2. The van der Waals surface area contributed by atoms with Crippen LogP contribution in [0.2, 0.25) is 0 Å². The average molecular weight is 292 g/mol. The van der Waals surface area contributed by atoms with Crippen molar-refractivity contribution in [3.63, 3.8) is 0 Å². The zero-order valence-corrected chi connectivity index (χ0v) is 13.7. The Labute approximate surface area is 133 Å². The van der Waals surface area contributed by atoms with Crippen molar-refractivity contribution in [2.45, 2.75) is 32.2 Å². The van der Waals surface area contributed by atoms with Crippen LogP contribution >= 0.6 is 0 Å². The second kappa shape index (κ2) is 5.13. The Morgan fingerprint density at radius 1 is 0.955 bits per heavy atom. The fraction of sp³-hybridized carbons (Fsp3) is 0.400. The van der Waals surface area contributed by atoms with Crippen molar-refractivity contribution in [2.75, 3.05) is 25.0 Å². The van der Waals surface area contributed by atoms with Gasteiger partial charge < -0.3 is 9.80 Å². The van der Waals surface area contributed by atoms with Crippen molar-refractivity contribution in [3.05, 3.63) is 59.2 Å². The smallest absolute Gasteiger partial charge is 0.0450 e. The molecule has 0 aromatic heterocycles. The minimum absolute atomic E-state index is 0.607. The van der Waals surface area contributed by atoms with E-state index in [1.54, 1.807) is 0 Å². The van der Waals surface area contributed by atoms with E-state index in [4.69, 9.17) is 0 Å². The first kappa shape index (κ1) is 13.8. The van der Waals surface area contributed by atoms with Gasteiger partial charge in [0.1, 0.15) is 0 Å². The van der Waals surface area contributed by atoms with Gasteiger partial charge >= 0.3 is 0 Å². The summed E-state index contributed by atoms with van der Waals surface area (Å²) in [6.07, 6.45) is 1.24. The number of benzene rings is 2. The molecule has 0 radical (unpaired) electrons. The standard InChI is InChI=1S/C20H24N2/c1-14-4-7-16(8-5-14)22-19-9-6-15(2)12-17(19)18-13-21(3)11-10-20(18)22/h4-9,12,18,20H,10-11,13H2,1-3H3/t18-,20+/m0/s1. The maximum atomic E-state index is 2.59. The molecule has 114 valence electrons. The van der Waals surface area contributed by atoms with E-state index in [9.17, 15) is 0 Å². The second-order valence-electron chi connectivity index (χ2n) is 6.99. The van der Waals surface area contributed by atoms with Gasteiger partial charge in [-0.25, -0.2) is 0 Å². The molecule has 1 fully saturated rings. The van der Waals surface area contributed by atoms with E-state index in [1.807, 2.05) is 0 Å². The highest BCUT2D eigenvalue weighted by molar-refractivity contribution is 5.73. The van der Waals surface area contributed by atoms with Gasteiger partial charge in [0.2, 0.25) is 0 Å². The zero-order valence-electron chi connectivity index (χ0n) is 13.7. The Kier molecular flexibility index (Phi) is 3.23. The summed E-state index contributed by atoms with van der Waals surface area (Å²) in [6.45, 7) is 6.72. The Bertz CT molecular complexity index is 689. The highest BCUT2D eigenvalue weighted by atomic mass is 15.2. The summed E-state index contributed by atoms with van der Waals surface area (Å²) in [7, 11) is 2.25. The molecule has 2 aliphatic heterocycles. The maximum Gasteiger partial charge on any atom is 0.0450 e. The van der Waals surface area contributed by atoms with E-state index < -0.39 is 0 Å². The molecule has 2 aliphatic rings. The largest absolute Gasteiger partial charge is 0.337 e. The van der Waals surface area contributed by atoms with Crippen molar-refractivity contribution < 1.29 is 0 Å². The van der Waals surface area contributed by atoms with E-state index in [1.165, 1.54) is 47.6 Å². The number of likely N-dealkylation sites (tertiary alicyclic amines) is 1. The Hall–Kier alpha value is -1.80. The van der Waals surface area contributed by atoms with Gasteiger partial charge in [0.05, 0.1) is 0 Å². The van der Waals surface area contributed by atoms with Gasteiger partial charge in [0.25, 0.3) is 0 Å². The van der Waals surface area contributed by atoms with Crippen molar-refractivity contribution in [2.24, 2.45) is 0 Å². The van der Waals surface area contributed by atoms with Crippen molar-refractivity contribution in [3.8, 4) is 0 Å². The lowest BCUT2D eigenvalue weighted by atomic mass is 9.89. The van der Waals surface area contributed by atoms with Crippen LogP contribution in [0.15, 0.2) is 42.5 Å². The van der Waals surface area contributed by atoms with Crippen LogP contribution in [0.25, 0.3) is 0 Å². The summed E-state index contributed by atoms with van der Waals surface area (Å²) in [5.74, 6) is 0.634. The van der Waals surface area contributed by atoms with Gasteiger partial charge in [-0.2, -0.15) is 0 Å². The predicted molar refractivity (Wildman–Crippen MR) is 93.1 cm³/mol. The fourth-order valence-electron chi connectivity index (χ4n) is 4.12. The molecule has 0 bridgehead atoms. The molecule has 4 rings (SSSR count). The van der Waals surface area contributed by atoms with E-state index >= 15 is 0 Å². The van der Waals surface area contributed by atoms with Gasteiger partial charge in [0, 0.05) is 29.9 Å². The quantitative estimate of drug-likeness (QED) is 0.775. The van der Waals surface area contributed by atoms with Crippen LogP contribution in [-0.4, -0.2) is 31.1 Å². The third-order valence-corrected chi connectivity index (χ3v) is 5.27. The first-order valence-electron chi connectivity index (χ1n) is 8.28. The lowest BCUT2D eigenvalue weighted by Gasteiger charge is -2.37. The monoisotopic (exact) mass is 292 g/mol. The molecule has 2 heterocycles. The van der Waals surface area contributed by atoms with Crippen molar-refractivity contribution in [1.82, 2.24) is 4.90 Å². The lowest BCUT2D eigenvalue weighted by molar-refractivity contribution is 0.236. The molecule has 2 nitrogen and oxygen atoms in total. The number of anilines is 2. The lowest BCUT2D eigenvalue weighted by Crippen LogP contribution is -2.43. The summed E-state index contributed by atoms with van der Waals surface area (Å²) in [5, 5.41) is 0. The van der Waals surface area contributed by atoms with Crippen LogP contribution in [0, 0.1) is 13.8 Å². The molecule has 2 heteroatoms. The van der Waals surface area contributed by atoms with Gasteiger partial charge in [-0.15, -0.1) is 0 Å². The number of aryl methyl sites for hydroxylation is 2. The molecule has 1 saturated heterocycles. The van der Waals surface area contributed by atoms with E-state index in [0.29, 0.717) is 12.0 Å². The SMILES string of the molecule is Cc1ccc(N2c3ccc(C)cc3[C@@H]3CN(C)CC[C@H]32)cc1. The Morgan fingerprint density at radius 3 is 2.45 bits per heavy atom. The summed E-state index contributed by atoms with van der Waals surface area (Å²) in [6, 6.07) is 16.6. The zero-order chi connectivity index (χ0) is 15.3. The Balaban J connectivity index is 1.83. The van der Waals surface area contributed by atoms with Gasteiger partial charge in [-0.05, 0) is 57.6 Å². The summed E-state index contributed by atoms with van der Waals surface area (Å²) in [4.78, 5) is 5.07. The first-order chi connectivity index (χ1) is 10.6. The molecule has 0 saturated carbocycles. The number of hydrogen-bond acceptors (Lipinski definition) is 2. The molecular formula is C20H24N2. The molecule has 22 heavy (non-hydrogen) atoms. The minimum Gasteiger partial charge on any atom is -0.337 e. The van der Waals surface area contributed by atoms with Gasteiger partial charge in [0.15, 0.2) is 0 Å². The van der Waals surface area contributed by atoms with Crippen LogP contribution in [0.1, 0.15) is 29.0 Å². The van der Waals surface area contributed by atoms with Gasteiger partial charge in [-0.3, -0.25) is 0 Å².